The summed E-state index contributed by atoms with van der Waals surface area (Å²) < 4.78 is 35.2. The maximum absolute atomic E-state index is 11.7. The highest BCUT2D eigenvalue weighted by Gasteiger charge is 2.35. The van der Waals surface area contributed by atoms with Gasteiger partial charge in [-0.3, -0.25) is 0 Å². The van der Waals surface area contributed by atoms with Gasteiger partial charge in [-0.1, -0.05) is 13.8 Å². The van der Waals surface area contributed by atoms with Gasteiger partial charge in [-0.05, 0) is 6.92 Å². The summed E-state index contributed by atoms with van der Waals surface area (Å²) >= 11 is 0. The SMILES string of the molecule is CC(C)N[C@@H](C)C(F)(F)F. The minimum atomic E-state index is -4.12. The molecule has 0 aliphatic carbocycles. The molecule has 1 atom stereocenters. The second-order valence-electron chi connectivity index (χ2n) is 2.58. The van der Waals surface area contributed by atoms with Crippen LogP contribution in [0, 0.1) is 0 Å². The molecule has 0 saturated heterocycles. The number of halogens is 3. The maximum Gasteiger partial charge on any atom is 0.403 e. The number of nitrogens with one attached hydrogen (secondary N) is 1. The molecular weight excluding hydrogens is 143 g/mol. The normalized spacial score (nSPS) is 15.9. The first kappa shape index (κ1) is 9.75. The average Bonchev–Trinajstić information content (AvgIpc) is 1.60. The molecule has 0 rings (SSSR count). The van der Waals surface area contributed by atoms with Gasteiger partial charge in [0.15, 0.2) is 0 Å². The molecule has 0 unspecified atom stereocenters. The van der Waals surface area contributed by atoms with Crippen LogP contribution in [0.5, 0.6) is 0 Å². The van der Waals surface area contributed by atoms with Crippen LogP contribution in [0.2, 0.25) is 0 Å². The van der Waals surface area contributed by atoms with Gasteiger partial charge in [0.2, 0.25) is 0 Å². The van der Waals surface area contributed by atoms with Crippen LogP contribution >= 0.6 is 0 Å². The average molecular weight is 155 g/mol. The highest BCUT2D eigenvalue weighted by Crippen LogP contribution is 2.19. The van der Waals surface area contributed by atoms with Gasteiger partial charge in [-0.15, -0.1) is 0 Å². The van der Waals surface area contributed by atoms with E-state index >= 15 is 0 Å². The molecule has 0 saturated carbocycles. The highest BCUT2D eigenvalue weighted by molar-refractivity contribution is 4.70. The predicted octanol–water partition coefficient (Wildman–Crippen LogP) is 1.94. The summed E-state index contributed by atoms with van der Waals surface area (Å²) in [4.78, 5) is 0. The molecule has 0 aliphatic heterocycles. The third-order valence-corrected chi connectivity index (χ3v) is 1.07. The third kappa shape index (κ3) is 3.71. The molecular formula is C6H12F3N. The summed E-state index contributed by atoms with van der Waals surface area (Å²) in [5, 5.41) is 2.36. The van der Waals surface area contributed by atoms with Crippen molar-refractivity contribution >= 4 is 0 Å². The Bertz CT molecular complexity index is 97.7. The molecule has 0 aromatic heterocycles. The van der Waals surface area contributed by atoms with Gasteiger partial charge in [0.25, 0.3) is 0 Å². The highest BCUT2D eigenvalue weighted by atomic mass is 19.4. The summed E-state index contributed by atoms with van der Waals surface area (Å²) in [7, 11) is 0. The van der Waals surface area contributed by atoms with Crippen molar-refractivity contribution in [2.45, 2.75) is 39.0 Å². The van der Waals surface area contributed by atoms with E-state index in [-0.39, 0.29) is 6.04 Å². The Kier molecular flexibility index (Phi) is 3.15. The molecule has 0 aromatic carbocycles. The smallest absolute Gasteiger partial charge is 0.304 e. The van der Waals surface area contributed by atoms with Gasteiger partial charge in [0.1, 0.15) is 6.04 Å². The number of hydrogen-bond donors (Lipinski definition) is 1. The Morgan fingerprint density at radius 1 is 1.10 bits per heavy atom. The first-order valence-electron chi connectivity index (χ1n) is 3.17. The molecule has 62 valence electrons. The van der Waals surface area contributed by atoms with Gasteiger partial charge in [-0.2, -0.15) is 13.2 Å². The number of rotatable bonds is 2. The first-order valence-corrected chi connectivity index (χ1v) is 3.17. The molecule has 0 fully saturated rings. The van der Waals surface area contributed by atoms with E-state index in [9.17, 15) is 13.2 Å². The predicted molar refractivity (Wildman–Crippen MR) is 33.8 cm³/mol. The van der Waals surface area contributed by atoms with E-state index in [2.05, 4.69) is 5.32 Å². The van der Waals surface area contributed by atoms with Crippen molar-refractivity contribution in [2.75, 3.05) is 0 Å². The quantitative estimate of drug-likeness (QED) is 0.642. The van der Waals surface area contributed by atoms with Crippen LogP contribution in [0.3, 0.4) is 0 Å². The van der Waals surface area contributed by atoms with Crippen LogP contribution in [0.25, 0.3) is 0 Å². The zero-order chi connectivity index (χ0) is 8.36. The topological polar surface area (TPSA) is 12.0 Å². The largest absolute Gasteiger partial charge is 0.403 e. The lowest BCUT2D eigenvalue weighted by Gasteiger charge is -2.19. The van der Waals surface area contributed by atoms with Crippen LogP contribution in [0.1, 0.15) is 20.8 Å². The number of hydrogen-bond acceptors (Lipinski definition) is 1. The Morgan fingerprint density at radius 2 is 1.50 bits per heavy atom. The van der Waals surface area contributed by atoms with E-state index in [1.807, 2.05) is 0 Å². The fourth-order valence-electron chi connectivity index (χ4n) is 0.594. The molecule has 1 nitrogen and oxygen atoms in total. The third-order valence-electron chi connectivity index (χ3n) is 1.07. The van der Waals surface area contributed by atoms with Crippen molar-refractivity contribution in [3.05, 3.63) is 0 Å². The van der Waals surface area contributed by atoms with Gasteiger partial charge in [-0.25, -0.2) is 0 Å². The summed E-state index contributed by atoms with van der Waals surface area (Å²) in [5.41, 5.74) is 0. The second kappa shape index (κ2) is 3.23. The Balaban J connectivity index is 3.73. The maximum atomic E-state index is 11.7. The van der Waals surface area contributed by atoms with Crippen molar-refractivity contribution < 1.29 is 13.2 Å². The minimum Gasteiger partial charge on any atom is -0.304 e. The van der Waals surface area contributed by atoms with Crippen molar-refractivity contribution in [1.29, 1.82) is 0 Å². The second-order valence-corrected chi connectivity index (χ2v) is 2.58. The standard InChI is InChI=1S/C6H12F3N/c1-4(2)10-5(3)6(7,8)9/h4-5,10H,1-3H3/t5-/m0/s1. The van der Waals surface area contributed by atoms with E-state index in [0.717, 1.165) is 6.92 Å². The van der Waals surface area contributed by atoms with Crippen molar-refractivity contribution in [1.82, 2.24) is 5.32 Å². The molecule has 0 aliphatic rings. The summed E-state index contributed by atoms with van der Waals surface area (Å²) in [6.45, 7) is 4.48. The lowest BCUT2D eigenvalue weighted by atomic mass is 10.3. The van der Waals surface area contributed by atoms with Gasteiger partial charge in [0.05, 0.1) is 0 Å². The molecule has 0 bridgehead atoms. The molecule has 4 heteroatoms. The van der Waals surface area contributed by atoms with Crippen LogP contribution < -0.4 is 5.32 Å². The van der Waals surface area contributed by atoms with Crippen LogP contribution in [-0.2, 0) is 0 Å². The van der Waals surface area contributed by atoms with E-state index < -0.39 is 12.2 Å². The fraction of sp³-hybridized carbons (Fsp3) is 1.00. The monoisotopic (exact) mass is 155 g/mol. The lowest BCUT2D eigenvalue weighted by molar-refractivity contribution is -0.152. The van der Waals surface area contributed by atoms with E-state index in [1.165, 1.54) is 0 Å². The van der Waals surface area contributed by atoms with Crippen molar-refractivity contribution in [3.8, 4) is 0 Å². The molecule has 10 heavy (non-hydrogen) atoms. The Hall–Kier alpha value is -0.250. The fourth-order valence-corrected chi connectivity index (χ4v) is 0.594. The summed E-state index contributed by atoms with van der Waals surface area (Å²) in [6.07, 6.45) is -4.12. The summed E-state index contributed by atoms with van der Waals surface area (Å²) in [6, 6.07) is -1.54. The molecule has 0 aromatic rings. The van der Waals surface area contributed by atoms with Crippen molar-refractivity contribution in [3.63, 3.8) is 0 Å². The number of alkyl halides is 3. The molecule has 0 heterocycles. The minimum absolute atomic E-state index is 0.128. The zero-order valence-corrected chi connectivity index (χ0v) is 6.29. The van der Waals surface area contributed by atoms with Crippen LogP contribution in [-0.4, -0.2) is 18.3 Å². The van der Waals surface area contributed by atoms with E-state index in [4.69, 9.17) is 0 Å². The summed E-state index contributed by atoms with van der Waals surface area (Å²) in [5.74, 6) is 0. The van der Waals surface area contributed by atoms with E-state index in [0.29, 0.717) is 0 Å². The molecule has 0 radical (unpaired) electrons. The molecule has 0 spiro atoms. The van der Waals surface area contributed by atoms with Crippen LogP contribution in [0.4, 0.5) is 13.2 Å². The first-order chi connectivity index (χ1) is 4.34. The Morgan fingerprint density at radius 3 is 1.60 bits per heavy atom. The zero-order valence-electron chi connectivity index (χ0n) is 6.29. The molecule has 1 N–H and O–H groups in total. The van der Waals surface area contributed by atoms with E-state index in [1.54, 1.807) is 13.8 Å². The Labute approximate surface area is 58.6 Å². The van der Waals surface area contributed by atoms with Gasteiger partial charge < -0.3 is 5.32 Å². The van der Waals surface area contributed by atoms with Crippen molar-refractivity contribution in [2.24, 2.45) is 0 Å². The van der Waals surface area contributed by atoms with Gasteiger partial charge >= 0.3 is 6.18 Å². The molecule has 0 amide bonds. The lowest BCUT2D eigenvalue weighted by Crippen LogP contribution is -2.43. The van der Waals surface area contributed by atoms with Gasteiger partial charge in [0, 0.05) is 6.04 Å². The van der Waals surface area contributed by atoms with Crippen LogP contribution in [0.15, 0.2) is 0 Å².